The summed E-state index contributed by atoms with van der Waals surface area (Å²) in [6, 6.07) is 19.3. The van der Waals surface area contributed by atoms with E-state index in [1.54, 1.807) is 68.6 Å². The highest BCUT2D eigenvalue weighted by Crippen LogP contribution is 2.32. The van der Waals surface area contributed by atoms with Crippen LogP contribution in [0.3, 0.4) is 0 Å². The van der Waals surface area contributed by atoms with E-state index in [0.717, 1.165) is 15.4 Å². The van der Waals surface area contributed by atoms with E-state index in [1.807, 2.05) is 26.8 Å². The van der Waals surface area contributed by atoms with E-state index in [0.29, 0.717) is 12.3 Å². The van der Waals surface area contributed by atoms with E-state index in [4.69, 9.17) is 9.47 Å². The molecule has 3 rings (SSSR count). The Bertz CT molecular complexity index is 1440. The minimum absolute atomic E-state index is 0.0314. The Morgan fingerprint density at radius 2 is 1.59 bits per heavy atom. The third-order valence-corrected chi connectivity index (χ3v) is 8.35. The number of ether oxygens (including phenoxy) is 2. The van der Waals surface area contributed by atoms with E-state index < -0.39 is 28.5 Å². The quantitative estimate of drug-likeness (QED) is 0.321. The number of methoxy groups -OCH3 is 2. The van der Waals surface area contributed by atoms with Crippen LogP contribution in [0.15, 0.2) is 77.7 Å². The Hall–Kier alpha value is -4.05. The first-order chi connectivity index (χ1) is 19.5. The fourth-order valence-corrected chi connectivity index (χ4v) is 5.61. The van der Waals surface area contributed by atoms with Crippen LogP contribution in [0.1, 0.15) is 31.9 Å². The van der Waals surface area contributed by atoms with Crippen LogP contribution < -0.4 is 19.1 Å². The van der Waals surface area contributed by atoms with Crippen molar-refractivity contribution in [2.75, 3.05) is 31.6 Å². The molecule has 0 saturated carbocycles. The number of carbonyl (C=O) groups excluding carboxylic acids is 2. The van der Waals surface area contributed by atoms with Crippen molar-refractivity contribution in [1.82, 2.24) is 10.2 Å². The highest BCUT2D eigenvalue weighted by atomic mass is 32.2. The van der Waals surface area contributed by atoms with Gasteiger partial charge in [0, 0.05) is 13.1 Å². The summed E-state index contributed by atoms with van der Waals surface area (Å²) in [6.45, 7) is 7.41. The fourth-order valence-electron chi connectivity index (χ4n) is 4.19. The van der Waals surface area contributed by atoms with Crippen molar-refractivity contribution in [3.8, 4) is 11.5 Å². The lowest BCUT2D eigenvalue weighted by Gasteiger charge is -2.32. The number of para-hydroxylation sites is 2. The maximum Gasteiger partial charge on any atom is 0.264 e. The number of sulfonamides is 1. The number of rotatable bonds is 13. The molecule has 0 aliphatic carbocycles. The Morgan fingerprint density at radius 3 is 2.22 bits per heavy atom. The minimum atomic E-state index is -4.20. The average Bonchev–Trinajstić information content (AvgIpc) is 2.97. The van der Waals surface area contributed by atoms with Crippen LogP contribution in [-0.4, -0.2) is 58.5 Å². The molecule has 3 aromatic carbocycles. The second kappa shape index (κ2) is 14.0. The molecule has 0 aromatic heterocycles. The summed E-state index contributed by atoms with van der Waals surface area (Å²) >= 11 is 0. The molecule has 1 N–H and O–H groups in total. The van der Waals surface area contributed by atoms with Gasteiger partial charge >= 0.3 is 0 Å². The molecule has 0 saturated heterocycles. The van der Waals surface area contributed by atoms with Gasteiger partial charge in [0.15, 0.2) is 0 Å². The van der Waals surface area contributed by atoms with Crippen molar-refractivity contribution in [1.29, 1.82) is 0 Å². The van der Waals surface area contributed by atoms with Crippen molar-refractivity contribution < 1.29 is 27.5 Å². The number of anilines is 1. The molecule has 0 spiro atoms. The standard InChI is InChI=1S/C31H39N3O6S/c1-22(2)19-32-31(36)24(4)33(20-25-10-9-11-26(18-25)39-5)30(35)21-34(28-12-7-8-13-29(28)40-6)41(37,38)27-16-14-23(3)15-17-27/h7-18,22,24H,19-21H2,1-6H3,(H,32,36). The van der Waals surface area contributed by atoms with Crippen LogP contribution >= 0.6 is 0 Å². The van der Waals surface area contributed by atoms with Gasteiger partial charge in [0.1, 0.15) is 24.1 Å². The lowest BCUT2D eigenvalue weighted by molar-refractivity contribution is -0.139. The normalized spacial score (nSPS) is 12.0. The molecule has 0 fully saturated rings. The van der Waals surface area contributed by atoms with Gasteiger partial charge in [0.05, 0.1) is 24.8 Å². The smallest absolute Gasteiger partial charge is 0.264 e. The molecule has 3 aromatic rings. The van der Waals surface area contributed by atoms with Crippen LogP contribution in [-0.2, 0) is 26.2 Å². The Morgan fingerprint density at radius 1 is 0.902 bits per heavy atom. The number of benzene rings is 3. The lowest BCUT2D eigenvalue weighted by Crippen LogP contribution is -2.51. The van der Waals surface area contributed by atoms with Crippen molar-refractivity contribution in [3.63, 3.8) is 0 Å². The molecule has 41 heavy (non-hydrogen) atoms. The predicted octanol–water partition coefficient (Wildman–Crippen LogP) is 4.40. The van der Waals surface area contributed by atoms with Gasteiger partial charge in [-0.25, -0.2) is 8.42 Å². The summed E-state index contributed by atoms with van der Waals surface area (Å²) in [6.07, 6.45) is 0. The summed E-state index contributed by atoms with van der Waals surface area (Å²) in [5, 5.41) is 2.88. The second-order valence-corrected chi connectivity index (χ2v) is 12.0. The molecule has 2 amide bonds. The van der Waals surface area contributed by atoms with E-state index >= 15 is 0 Å². The zero-order valence-corrected chi connectivity index (χ0v) is 25.3. The van der Waals surface area contributed by atoms with Crippen molar-refractivity contribution >= 4 is 27.5 Å². The molecule has 0 heterocycles. The number of amides is 2. The summed E-state index contributed by atoms with van der Waals surface area (Å²) in [5.74, 6) is 0.221. The summed E-state index contributed by atoms with van der Waals surface area (Å²) in [4.78, 5) is 28.6. The number of hydrogen-bond acceptors (Lipinski definition) is 6. The van der Waals surface area contributed by atoms with Gasteiger partial charge in [0.2, 0.25) is 11.8 Å². The molecule has 9 nitrogen and oxygen atoms in total. The molecule has 1 unspecified atom stereocenters. The molecule has 220 valence electrons. The highest BCUT2D eigenvalue weighted by molar-refractivity contribution is 7.92. The van der Waals surface area contributed by atoms with Crippen molar-refractivity contribution in [3.05, 3.63) is 83.9 Å². The molecular weight excluding hydrogens is 542 g/mol. The van der Waals surface area contributed by atoms with Crippen molar-refractivity contribution in [2.24, 2.45) is 5.92 Å². The van der Waals surface area contributed by atoms with E-state index in [2.05, 4.69) is 5.32 Å². The van der Waals surface area contributed by atoms with Gasteiger partial charge in [0.25, 0.3) is 10.0 Å². The second-order valence-electron chi connectivity index (χ2n) is 10.2. The molecular formula is C31H39N3O6S. The number of nitrogens with one attached hydrogen (secondary N) is 1. The predicted molar refractivity (Wildman–Crippen MR) is 160 cm³/mol. The van der Waals surface area contributed by atoms with Gasteiger partial charge in [-0.15, -0.1) is 0 Å². The maximum absolute atomic E-state index is 14.1. The maximum atomic E-state index is 14.1. The van der Waals surface area contributed by atoms with Crippen molar-refractivity contribution in [2.45, 2.75) is 45.2 Å². The zero-order chi connectivity index (χ0) is 30.2. The van der Waals surface area contributed by atoms with Gasteiger partial charge in [-0.3, -0.25) is 13.9 Å². The molecule has 10 heteroatoms. The fraction of sp³-hybridized carbons (Fsp3) is 0.355. The molecule has 0 bridgehead atoms. The van der Waals surface area contributed by atoms with E-state index in [-0.39, 0.29) is 34.7 Å². The third-order valence-electron chi connectivity index (χ3n) is 6.58. The van der Waals surface area contributed by atoms with Crippen LogP contribution in [0, 0.1) is 12.8 Å². The number of hydrogen-bond donors (Lipinski definition) is 1. The summed E-state index contributed by atoms with van der Waals surface area (Å²) in [7, 11) is -1.21. The summed E-state index contributed by atoms with van der Waals surface area (Å²) in [5.41, 5.74) is 1.84. The van der Waals surface area contributed by atoms with Gasteiger partial charge in [-0.05, 0) is 61.7 Å². The van der Waals surface area contributed by atoms with Crippen LogP contribution in [0.5, 0.6) is 11.5 Å². The van der Waals surface area contributed by atoms with E-state index in [9.17, 15) is 18.0 Å². The minimum Gasteiger partial charge on any atom is -0.497 e. The number of nitrogens with zero attached hydrogens (tertiary/aromatic N) is 2. The SMILES string of the molecule is COc1cccc(CN(C(=O)CN(c2ccccc2OC)S(=O)(=O)c2ccc(C)cc2)C(C)C(=O)NCC(C)C)c1. The molecule has 1 atom stereocenters. The van der Waals surface area contributed by atoms with Gasteiger partial charge in [-0.1, -0.05) is 55.8 Å². The topological polar surface area (TPSA) is 105 Å². The van der Waals surface area contributed by atoms with Crippen LogP contribution in [0.2, 0.25) is 0 Å². The largest absolute Gasteiger partial charge is 0.497 e. The highest BCUT2D eigenvalue weighted by Gasteiger charge is 2.33. The van der Waals surface area contributed by atoms with Gasteiger partial charge in [-0.2, -0.15) is 0 Å². The lowest BCUT2D eigenvalue weighted by atomic mass is 10.1. The Kier molecular flexibility index (Phi) is 10.8. The Balaban J connectivity index is 2.06. The zero-order valence-electron chi connectivity index (χ0n) is 24.5. The van der Waals surface area contributed by atoms with Gasteiger partial charge < -0.3 is 19.7 Å². The molecule has 0 radical (unpaired) electrons. The number of aryl methyl sites for hydroxylation is 1. The van der Waals surface area contributed by atoms with Crippen LogP contribution in [0.4, 0.5) is 5.69 Å². The molecule has 0 aliphatic rings. The average molecular weight is 582 g/mol. The Labute approximate surface area is 243 Å². The number of carbonyl (C=O) groups is 2. The third kappa shape index (κ3) is 8.00. The first-order valence-electron chi connectivity index (χ1n) is 13.4. The molecule has 0 aliphatic heterocycles. The monoisotopic (exact) mass is 581 g/mol. The first kappa shape index (κ1) is 31.5. The first-order valence-corrected chi connectivity index (χ1v) is 14.8. The van der Waals surface area contributed by atoms with E-state index in [1.165, 1.54) is 24.1 Å². The summed E-state index contributed by atoms with van der Waals surface area (Å²) < 4.78 is 39.8. The van der Waals surface area contributed by atoms with Crippen LogP contribution in [0.25, 0.3) is 0 Å².